The van der Waals surface area contributed by atoms with Gasteiger partial charge in [-0.15, -0.1) is 0 Å². The highest BCUT2D eigenvalue weighted by atomic mass is 35.5. The van der Waals surface area contributed by atoms with Crippen LogP contribution in [0.4, 0.5) is 8.78 Å². The van der Waals surface area contributed by atoms with Crippen molar-refractivity contribution in [3.63, 3.8) is 0 Å². The fourth-order valence-electron chi connectivity index (χ4n) is 2.81. The molecule has 4 nitrogen and oxygen atoms in total. The second kappa shape index (κ2) is 6.83. The molecule has 1 aliphatic carbocycles. The summed E-state index contributed by atoms with van der Waals surface area (Å²) in [4.78, 5) is 16.7. The summed E-state index contributed by atoms with van der Waals surface area (Å²) in [5.74, 6) is -2.85. The monoisotopic (exact) mass is 352 g/mol. The zero-order chi connectivity index (χ0) is 17.3. The summed E-state index contributed by atoms with van der Waals surface area (Å²) in [6.45, 7) is 0. The SMILES string of the molecule is O=C(NC(c1ccccn1)C1CC(O)C1)c1cc(F)c(F)cc1Cl. The molecule has 2 N–H and O–H groups in total. The topological polar surface area (TPSA) is 62.2 Å². The maximum Gasteiger partial charge on any atom is 0.253 e. The fraction of sp³-hybridized carbons (Fsp3) is 0.294. The molecule has 3 rings (SSSR count). The summed E-state index contributed by atoms with van der Waals surface area (Å²) in [6, 6.07) is 6.42. The number of amides is 1. The van der Waals surface area contributed by atoms with Crippen molar-refractivity contribution in [3.8, 4) is 0 Å². The Bertz CT molecular complexity index is 752. The van der Waals surface area contributed by atoms with Crippen LogP contribution in [0.5, 0.6) is 0 Å². The van der Waals surface area contributed by atoms with E-state index in [4.69, 9.17) is 11.6 Å². The average Bonchev–Trinajstić information content (AvgIpc) is 2.54. The van der Waals surface area contributed by atoms with E-state index in [1.165, 1.54) is 0 Å². The lowest BCUT2D eigenvalue weighted by molar-refractivity contribution is 0.0228. The van der Waals surface area contributed by atoms with Crippen LogP contribution in [0.25, 0.3) is 0 Å². The number of aromatic nitrogens is 1. The first kappa shape index (κ1) is 16.8. The van der Waals surface area contributed by atoms with Crippen LogP contribution in [-0.2, 0) is 0 Å². The number of pyridine rings is 1. The number of hydrogen-bond acceptors (Lipinski definition) is 3. The Morgan fingerprint density at radius 2 is 2.00 bits per heavy atom. The second-order valence-corrected chi connectivity index (χ2v) is 6.24. The Kier molecular flexibility index (Phi) is 4.78. The van der Waals surface area contributed by atoms with E-state index in [-0.39, 0.29) is 16.5 Å². The van der Waals surface area contributed by atoms with Gasteiger partial charge in [-0.3, -0.25) is 9.78 Å². The lowest BCUT2D eigenvalue weighted by Crippen LogP contribution is -2.41. The lowest BCUT2D eigenvalue weighted by Gasteiger charge is -2.37. The second-order valence-electron chi connectivity index (χ2n) is 5.84. The van der Waals surface area contributed by atoms with E-state index in [0.29, 0.717) is 18.5 Å². The van der Waals surface area contributed by atoms with Gasteiger partial charge >= 0.3 is 0 Å². The molecule has 126 valence electrons. The predicted octanol–water partition coefficient (Wildman–Crippen LogP) is 3.26. The minimum Gasteiger partial charge on any atom is -0.393 e. The van der Waals surface area contributed by atoms with E-state index < -0.39 is 29.7 Å². The molecule has 1 unspecified atom stereocenters. The highest BCUT2D eigenvalue weighted by molar-refractivity contribution is 6.33. The Labute approximate surface area is 142 Å². The quantitative estimate of drug-likeness (QED) is 0.830. The molecule has 0 radical (unpaired) electrons. The molecule has 0 bridgehead atoms. The minimum absolute atomic E-state index is 0.0166. The first-order chi connectivity index (χ1) is 11.5. The third-order valence-electron chi connectivity index (χ3n) is 4.17. The number of aliphatic hydroxyl groups is 1. The summed E-state index contributed by atoms with van der Waals surface area (Å²) in [7, 11) is 0. The first-order valence-corrected chi connectivity index (χ1v) is 7.88. The summed E-state index contributed by atoms with van der Waals surface area (Å²) in [5, 5.41) is 12.1. The molecule has 1 saturated carbocycles. The molecule has 24 heavy (non-hydrogen) atoms. The van der Waals surface area contributed by atoms with E-state index in [0.717, 1.165) is 12.1 Å². The molecule has 1 aromatic heterocycles. The van der Waals surface area contributed by atoms with Crippen LogP contribution in [0, 0.1) is 17.6 Å². The normalized spacial score (nSPS) is 21.0. The number of nitrogens with zero attached hydrogens (tertiary/aromatic N) is 1. The Hall–Kier alpha value is -2.05. The van der Waals surface area contributed by atoms with E-state index in [2.05, 4.69) is 10.3 Å². The lowest BCUT2D eigenvalue weighted by atomic mass is 9.76. The van der Waals surface area contributed by atoms with Crippen LogP contribution in [-0.4, -0.2) is 22.1 Å². The number of halogens is 3. The minimum atomic E-state index is -1.14. The number of carbonyl (C=O) groups excluding carboxylic acids is 1. The van der Waals surface area contributed by atoms with Crippen LogP contribution in [0.1, 0.15) is 34.9 Å². The molecular weight excluding hydrogens is 338 g/mol. The predicted molar refractivity (Wildman–Crippen MR) is 84.5 cm³/mol. The van der Waals surface area contributed by atoms with Gasteiger partial charge in [-0.05, 0) is 43.0 Å². The van der Waals surface area contributed by atoms with Gasteiger partial charge in [0.2, 0.25) is 0 Å². The molecule has 1 atom stereocenters. The van der Waals surface area contributed by atoms with Crippen molar-refractivity contribution in [1.29, 1.82) is 0 Å². The standard InChI is InChI=1S/C17H15ClF2N2O2/c18-12-8-14(20)13(19)7-11(12)17(24)22-16(9-5-10(23)6-9)15-3-1-2-4-21-15/h1-4,7-10,16,23H,5-6H2,(H,22,24). The number of benzene rings is 1. The molecular formula is C17H15ClF2N2O2. The number of carbonyl (C=O) groups is 1. The van der Waals surface area contributed by atoms with Gasteiger partial charge in [0.1, 0.15) is 0 Å². The van der Waals surface area contributed by atoms with Gasteiger partial charge in [-0.25, -0.2) is 8.78 Å². The fourth-order valence-corrected chi connectivity index (χ4v) is 3.05. The highest BCUT2D eigenvalue weighted by Crippen LogP contribution is 2.37. The third-order valence-corrected chi connectivity index (χ3v) is 4.48. The van der Waals surface area contributed by atoms with Crippen molar-refractivity contribution in [1.82, 2.24) is 10.3 Å². The van der Waals surface area contributed by atoms with E-state index in [1.54, 1.807) is 24.4 Å². The van der Waals surface area contributed by atoms with Crippen LogP contribution in [0.15, 0.2) is 36.5 Å². The smallest absolute Gasteiger partial charge is 0.253 e. The summed E-state index contributed by atoms with van der Waals surface area (Å²) in [5.41, 5.74) is 0.498. The number of rotatable bonds is 4. The van der Waals surface area contributed by atoms with E-state index >= 15 is 0 Å². The van der Waals surface area contributed by atoms with Gasteiger partial charge in [0.25, 0.3) is 5.91 Å². The maximum absolute atomic E-state index is 13.4. The Morgan fingerprint density at radius 1 is 1.29 bits per heavy atom. The van der Waals surface area contributed by atoms with Crippen molar-refractivity contribution in [3.05, 3.63) is 64.4 Å². The molecule has 7 heteroatoms. The summed E-state index contributed by atoms with van der Waals surface area (Å²) >= 11 is 5.85. The van der Waals surface area contributed by atoms with Crippen molar-refractivity contribution in [2.24, 2.45) is 5.92 Å². The van der Waals surface area contributed by atoms with Gasteiger partial charge in [0, 0.05) is 6.20 Å². The van der Waals surface area contributed by atoms with Crippen LogP contribution in [0.3, 0.4) is 0 Å². The van der Waals surface area contributed by atoms with Crippen LogP contribution >= 0.6 is 11.6 Å². The molecule has 0 saturated heterocycles. The van der Waals surface area contributed by atoms with Crippen molar-refractivity contribution < 1.29 is 18.7 Å². The summed E-state index contributed by atoms with van der Waals surface area (Å²) in [6.07, 6.45) is 2.28. The zero-order valence-electron chi connectivity index (χ0n) is 12.5. The number of nitrogens with one attached hydrogen (secondary N) is 1. The average molecular weight is 353 g/mol. The first-order valence-electron chi connectivity index (χ1n) is 7.50. The molecule has 1 amide bonds. The zero-order valence-corrected chi connectivity index (χ0v) is 13.3. The Balaban J connectivity index is 1.85. The third kappa shape index (κ3) is 3.39. The van der Waals surface area contributed by atoms with Gasteiger partial charge in [0.05, 0.1) is 28.4 Å². The highest BCUT2D eigenvalue weighted by Gasteiger charge is 2.36. The van der Waals surface area contributed by atoms with Crippen LogP contribution < -0.4 is 5.32 Å². The number of hydrogen-bond donors (Lipinski definition) is 2. The largest absolute Gasteiger partial charge is 0.393 e. The molecule has 1 heterocycles. The van der Waals surface area contributed by atoms with Crippen molar-refractivity contribution in [2.75, 3.05) is 0 Å². The van der Waals surface area contributed by atoms with Crippen LogP contribution in [0.2, 0.25) is 5.02 Å². The van der Waals surface area contributed by atoms with Gasteiger partial charge < -0.3 is 10.4 Å². The number of aliphatic hydroxyl groups excluding tert-OH is 1. The molecule has 1 fully saturated rings. The molecule has 1 aliphatic rings. The van der Waals surface area contributed by atoms with Gasteiger partial charge in [0.15, 0.2) is 11.6 Å². The van der Waals surface area contributed by atoms with Gasteiger partial charge in [-0.2, -0.15) is 0 Å². The molecule has 2 aromatic rings. The van der Waals surface area contributed by atoms with E-state index in [9.17, 15) is 18.7 Å². The van der Waals surface area contributed by atoms with E-state index in [1.807, 2.05) is 0 Å². The molecule has 0 aliphatic heterocycles. The molecule has 0 spiro atoms. The molecule has 1 aromatic carbocycles. The van der Waals surface area contributed by atoms with Crippen molar-refractivity contribution in [2.45, 2.75) is 25.0 Å². The van der Waals surface area contributed by atoms with Crippen molar-refractivity contribution >= 4 is 17.5 Å². The maximum atomic E-state index is 13.4. The summed E-state index contributed by atoms with van der Waals surface area (Å²) < 4.78 is 26.6. The Morgan fingerprint density at radius 3 is 2.62 bits per heavy atom. The van der Waals surface area contributed by atoms with Gasteiger partial charge in [-0.1, -0.05) is 17.7 Å².